The molecule has 0 aliphatic rings. The Morgan fingerprint density at radius 3 is 2.69 bits per heavy atom. The zero-order chi connectivity index (χ0) is 18.8. The standard InChI is InChI=1S/C18H16Cl2N4O2/c1-3-15-18(23(2)10-25)24-9-11(4-7-16(24)22-15)17(26)21-12-5-6-13(19)14(20)8-12/h4-10H,3H2,1-2H3,(H,21,26). The number of rotatable bonds is 5. The highest BCUT2D eigenvalue weighted by atomic mass is 35.5. The first kappa shape index (κ1) is 18.2. The van der Waals surface area contributed by atoms with Crippen LogP contribution in [0.3, 0.4) is 0 Å². The minimum atomic E-state index is -0.309. The topological polar surface area (TPSA) is 66.7 Å². The van der Waals surface area contributed by atoms with Gasteiger partial charge in [0.15, 0.2) is 0 Å². The third-order valence-corrected chi connectivity index (χ3v) is 4.67. The van der Waals surface area contributed by atoms with Gasteiger partial charge in [0, 0.05) is 18.9 Å². The number of halogens is 2. The maximum Gasteiger partial charge on any atom is 0.257 e. The van der Waals surface area contributed by atoms with Crippen LogP contribution in [0, 0.1) is 0 Å². The summed E-state index contributed by atoms with van der Waals surface area (Å²) in [6.07, 6.45) is 3.04. The van der Waals surface area contributed by atoms with E-state index in [1.165, 1.54) is 4.90 Å². The highest BCUT2D eigenvalue weighted by molar-refractivity contribution is 6.42. The monoisotopic (exact) mass is 390 g/mol. The highest BCUT2D eigenvalue weighted by Crippen LogP contribution is 2.26. The van der Waals surface area contributed by atoms with E-state index in [2.05, 4.69) is 10.3 Å². The Morgan fingerprint density at radius 1 is 1.27 bits per heavy atom. The van der Waals surface area contributed by atoms with E-state index >= 15 is 0 Å². The predicted molar refractivity (Wildman–Crippen MR) is 103 cm³/mol. The van der Waals surface area contributed by atoms with Crippen LogP contribution in [-0.2, 0) is 11.2 Å². The molecule has 3 rings (SSSR count). The highest BCUT2D eigenvalue weighted by Gasteiger charge is 2.16. The molecule has 0 radical (unpaired) electrons. The fraction of sp³-hybridized carbons (Fsp3) is 0.167. The van der Waals surface area contributed by atoms with Gasteiger partial charge in [-0.3, -0.25) is 14.0 Å². The molecule has 2 aromatic heterocycles. The van der Waals surface area contributed by atoms with E-state index in [0.29, 0.717) is 45.6 Å². The summed E-state index contributed by atoms with van der Waals surface area (Å²) in [7, 11) is 1.65. The number of pyridine rings is 1. The summed E-state index contributed by atoms with van der Waals surface area (Å²) in [5, 5.41) is 3.55. The number of hydrogen-bond acceptors (Lipinski definition) is 3. The average molecular weight is 391 g/mol. The predicted octanol–water partition coefficient (Wildman–Crippen LogP) is 4.05. The lowest BCUT2D eigenvalue weighted by Gasteiger charge is -2.13. The molecule has 0 unspecified atom stereocenters. The molecule has 1 N–H and O–H groups in total. The van der Waals surface area contributed by atoms with Crippen LogP contribution in [-0.4, -0.2) is 28.7 Å². The summed E-state index contributed by atoms with van der Waals surface area (Å²) in [6, 6.07) is 8.29. The first-order valence-electron chi connectivity index (χ1n) is 7.90. The molecular formula is C18H16Cl2N4O2. The van der Waals surface area contributed by atoms with Gasteiger partial charge in [-0.05, 0) is 36.8 Å². The second kappa shape index (κ2) is 7.35. The first-order chi connectivity index (χ1) is 12.4. The third kappa shape index (κ3) is 3.38. The van der Waals surface area contributed by atoms with Crippen LogP contribution in [0.2, 0.25) is 10.0 Å². The van der Waals surface area contributed by atoms with E-state index < -0.39 is 0 Å². The molecule has 0 aliphatic carbocycles. The molecule has 0 fully saturated rings. The van der Waals surface area contributed by atoms with Crippen molar-refractivity contribution >= 4 is 52.7 Å². The van der Waals surface area contributed by atoms with E-state index in [1.807, 2.05) is 6.92 Å². The van der Waals surface area contributed by atoms with Gasteiger partial charge in [-0.2, -0.15) is 0 Å². The number of carbonyl (C=O) groups excluding carboxylic acids is 2. The second-order valence-corrected chi connectivity index (χ2v) is 6.50. The summed E-state index contributed by atoms with van der Waals surface area (Å²) < 4.78 is 1.73. The molecule has 0 bridgehead atoms. The van der Waals surface area contributed by atoms with Gasteiger partial charge in [-0.25, -0.2) is 4.98 Å². The molecule has 26 heavy (non-hydrogen) atoms. The zero-order valence-electron chi connectivity index (χ0n) is 14.2. The summed E-state index contributed by atoms with van der Waals surface area (Å²) in [6.45, 7) is 1.96. The van der Waals surface area contributed by atoms with Gasteiger partial charge in [-0.1, -0.05) is 30.1 Å². The van der Waals surface area contributed by atoms with Gasteiger partial charge in [0.25, 0.3) is 5.91 Å². The van der Waals surface area contributed by atoms with Crippen LogP contribution in [0.4, 0.5) is 11.5 Å². The average Bonchev–Trinajstić information content (AvgIpc) is 3.01. The van der Waals surface area contributed by atoms with Crippen LogP contribution in [0.1, 0.15) is 23.0 Å². The molecule has 0 spiro atoms. The normalized spacial score (nSPS) is 10.8. The number of hydrogen-bond donors (Lipinski definition) is 1. The zero-order valence-corrected chi connectivity index (χ0v) is 15.7. The number of fused-ring (bicyclic) bond motifs is 1. The van der Waals surface area contributed by atoms with E-state index in [4.69, 9.17) is 23.2 Å². The van der Waals surface area contributed by atoms with E-state index in [9.17, 15) is 9.59 Å². The van der Waals surface area contributed by atoms with Crippen molar-refractivity contribution in [2.45, 2.75) is 13.3 Å². The molecule has 0 atom stereocenters. The third-order valence-electron chi connectivity index (χ3n) is 3.93. The fourth-order valence-corrected chi connectivity index (χ4v) is 2.95. The van der Waals surface area contributed by atoms with Crippen molar-refractivity contribution in [3.8, 4) is 0 Å². The lowest BCUT2D eigenvalue weighted by Crippen LogP contribution is -2.18. The summed E-state index contributed by atoms with van der Waals surface area (Å²) in [4.78, 5) is 29.7. The Morgan fingerprint density at radius 2 is 2.04 bits per heavy atom. The molecule has 0 saturated carbocycles. The van der Waals surface area contributed by atoms with Crippen molar-refractivity contribution in [2.24, 2.45) is 0 Å². The minimum Gasteiger partial charge on any atom is -0.322 e. The molecule has 2 amide bonds. The number of nitrogens with one attached hydrogen (secondary N) is 1. The summed E-state index contributed by atoms with van der Waals surface area (Å²) >= 11 is 11.9. The quantitative estimate of drug-likeness (QED) is 0.668. The number of benzene rings is 1. The Hall–Kier alpha value is -2.57. The molecule has 2 heterocycles. The Bertz CT molecular complexity index is 1000. The van der Waals surface area contributed by atoms with Gasteiger partial charge in [0.05, 0.1) is 21.3 Å². The first-order valence-corrected chi connectivity index (χ1v) is 8.65. The van der Waals surface area contributed by atoms with Gasteiger partial charge in [0.1, 0.15) is 11.5 Å². The maximum atomic E-state index is 12.6. The van der Waals surface area contributed by atoms with Crippen molar-refractivity contribution in [1.29, 1.82) is 0 Å². The van der Waals surface area contributed by atoms with Crippen LogP contribution in [0.5, 0.6) is 0 Å². The fourth-order valence-electron chi connectivity index (χ4n) is 2.65. The van der Waals surface area contributed by atoms with Crippen molar-refractivity contribution in [3.63, 3.8) is 0 Å². The lowest BCUT2D eigenvalue weighted by molar-refractivity contribution is -0.107. The number of aryl methyl sites for hydroxylation is 1. The van der Waals surface area contributed by atoms with E-state index in [1.54, 1.807) is 48.0 Å². The number of carbonyl (C=O) groups is 2. The van der Waals surface area contributed by atoms with E-state index in [0.717, 1.165) is 5.69 Å². The number of amides is 2. The molecule has 6 nitrogen and oxygen atoms in total. The van der Waals surface area contributed by atoms with Crippen LogP contribution >= 0.6 is 23.2 Å². The van der Waals surface area contributed by atoms with Crippen LogP contribution in [0.25, 0.3) is 5.65 Å². The van der Waals surface area contributed by atoms with Gasteiger partial charge in [-0.15, -0.1) is 0 Å². The van der Waals surface area contributed by atoms with Gasteiger partial charge < -0.3 is 10.2 Å². The van der Waals surface area contributed by atoms with Crippen LogP contribution < -0.4 is 10.2 Å². The molecular weight excluding hydrogens is 375 g/mol. The Labute approximate surface area is 160 Å². The Balaban J connectivity index is 1.98. The van der Waals surface area contributed by atoms with E-state index in [-0.39, 0.29) is 5.91 Å². The lowest BCUT2D eigenvalue weighted by atomic mass is 10.2. The van der Waals surface area contributed by atoms with Gasteiger partial charge in [0.2, 0.25) is 6.41 Å². The number of nitrogens with zero attached hydrogens (tertiary/aromatic N) is 3. The van der Waals surface area contributed by atoms with Crippen molar-refractivity contribution in [1.82, 2.24) is 9.38 Å². The molecule has 1 aromatic carbocycles. The SMILES string of the molecule is CCc1nc2ccc(C(=O)Nc3ccc(Cl)c(Cl)c3)cn2c1N(C)C=O. The second-order valence-electron chi connectivity index (χ2n) is 5.68. The van der Waals surface area contributed by atoms with Crippen molar-refractivity contribution in [3.05, 3.63) is 57.8 Å². The maximum absolute atomic E-state index is 12.6. The van der Waals surface area contributed by atoms with Crippen LogP contribution in [0.15, 0.2) is 36.5 Å². The summed E-state index contributed by atoms with van der Waals surface area (Å²) in [5.74, 6) is 0.332. The van der Waals surface area contributed by atoms with Crippen molar-refractivity contribution in [2.75, 3.05) is 17.3 Å². The summed E-state index contributed by atoms with van der Waals surface area (Å²) in [5.41, 5.74) is 2.40. The number of anilines is 2. The van der Waals surface area contributed by atoms with Crippen molar-refractivity contribution < 1.29 is 9.59 Å². The number of imidazole rings is 1. The molecule has 8 heteroatoms. The largest absolute Gasteiger partial charge is 0.322 e. The van der Waals surface area contributed by atoms with Gasteiger partial charge >= 0.3 is 0 Å². The minimum absolute atomic E-state index is 0.309. The Kier molecular flexibility index (Phi) is 5.15. The molecule has 134 valence electrons. The molecule has 0 aliphatic heterocycles. The number of aromatic nitrogens is 2. The molecule has 3 aromatic rings. The smallest absolute Gasteiger partial charge is 0.257 e. The molecule has 0 saturated heterocycles.